The van der Waals surface area contributed by atoms with Crippen molar-refractivity contribution in [3.05, 3.63) is 0 Å². The van der Waals surface area contributed by atoms with Crippen LogP contribution in [0.15, 0.2) is 0 Å². The molecule has 0 aromatic rings. The summed E-state index contributed by atoms with van der Waals surface area (Å²) in [4.78, 5) is 11.9. The van der Waals surface area contributed by atoms with E-state index in [4.69, 9.17) is 0 Å². The Morgan fingerprint density at radius 1 is 1.37 bits per heavy atom. The molecular weight excluding hydrogens is 240 g/mol. The van der Waals surface area contributed by atoms with Gasteiger partial charge in [-0.25, -0.2) is 0 Å². The van der Waals surface area contributed by atoms with Gasteiger partial charge >= 0.3 is 0 Å². The molecule has 3 N–H and O–H groups in total. The Morgan fingerprint density at radius 2 is 2.11 bits per heavy atom. The molecule has 0 bridgehead atoms. The zero-order chi connectivity index (χ0) is 14.3. The minimum atomic E-state index is -0.154. The van der Waals surface area contributed by atoms with E-state index in [0.717, 1.165) is 45.1 Å². The van der Waals surface area contributed by atoms with Crippen LogP contribution in [0, 0.1) is 5.92 Å². The number of aliphatic hydroxyl groups excluding tert-OH is 1. The summed E-state index contributed by atoms with van der Waals surface area (Å²) < 4.78 is 0. The van der Waals surface area contributed by atoms with Gasteiger partial charge in [0.2, 0.25) is 5.91 Å². The molecule has 0 aliphatic heterocycles. The van der Waals surface area contributed by atoms with Crippen LogP contribution in [-0.4, -0.2) is 35.7 Å². The van der Waals surface area contributed by atoms with Gasteiger partial charge < -0.3 is 15.7 Å². The molecule has 1 saturated carbocycles. The van der Waals surface area contributed by atoms with E-state index in [1.807, 2.05) is 13.8 Å². The molecule has 1 amide bonds. The lowest BCUT2D eigenvalue weighted by molar-refractivity contribution is -0.123. The van der Waals surface area contributed by atoms with Gasteiger partial charge in [0.05, 0.1) is 12.1 Å². The Hall–Kier alpha value is -0.610. The van der Waals surface area contributed by atoms with Crippen LogP contribution in [0.2, 0.25) is 0 Å². The molecule has 4 heteroatoms. The molecule has 1 rings (SSSR count). The summed E-state index contributed by atoms with van der Waals surface area (Å²) in [5.74, 6) is 0.587. The Morgan fingerprint density at radius 3 is 2.74 bits per heavy atom. The maximum atomic E-state index is 11.9. The number of rotatable bonds is 7. The number of carbonyl (C=O) groups excluding carboxylic acids is 1. The van der Waals surface area contributed by atoms with Crippen LogP contribution in [0.1, 0.15) is 59.3 Å². The third-order valence-corrected chi connectivity index (χ3v) is 3.97. The molecule has 1 aliphatic rings. The van der Waals surface area contributed by atoms with Crippen LogP contribution in [0.4, 0.5) is 0 Å². The number of nitrogens with one attached hydrogen (secondary N) is 2. The molecule has 1 fully saturated rings. The molecule has 4 atom stereocenters. The van der Waals surface area contributed by atoms with Crippen LogP contribution in [0.3, 0.4) is 0 Å². The number of hydrogen-bond donors (Lipinski definition) is 3. The normalized spacial score (nSPS) is 26.7. The van der Waals surface area contributed by atoms with Gasteiger partial charge in [-0.15, -0.1) is 0 Å². The number of carbonyl (C=O) groups is 1. The van der Waals surface area contributed by atoms with E-state index in [9.17, 15) is 9.90 Å². The average Bonchev–Trinajstić information content (AvgIpc) is 2.36. The smallest absolute Gasteiger partial charge is 0.237 e. The van der Waals surface area contributed by atoms with Gasteiger partial charge in [-0.1, -0.05) is 19.8 Å². The Bertz CT molecular complexity index is 271. The molecule has 0 aromatic carbocycles. The number of aliphatic hydroxyl groups is 1. The molecule has 0 heterocycles. The fourth-order valence-electron chi connectivity index (χ4n) is 2.76. The second kappa shape index (κ2) is 8.54. The summed E-state index contributed by atoms with van der Waals surface area (Å²) in [6.07, 6.45) is 6.02. The summed E-state index contributed by atoms with van der Waals surface area (Å²) in [6, 6.07) is 0.0941. The minimum Gasteiger partial charge on any atom is -0.393 e. The van der Waals surface area contributed by atoms with Crippen molar-refractivity contribution in [1.29, 1.82) is 0 Å². The van der Waals surface area contributed by atoms with Gasteiger partial charge in [0.25, 0.3) is 0 Å². The SMILES string of the molecule is CCCC(C)NC(=O)C(C)NCC1CCCC(O)C1. The highest BCUT2D eigenvalue weighted by Crippen LogP contribution is 2.23. The maximum absolute atomic E-state index is 11.9. The van der Waals surface area contributed by atoms with E-state index >= 15 is 0 Å². The molecule has 0 radical (unpaired) electrons. The monoisotopic (exact) mass is 270 g/mol. The fourth-order valence-corrected chi connectivity index (χ4v) is 2.76. The first-order valence-corrected chi connectivity index (χ1v) is 7.74. The van der Waals surface area contributed by atoms with Crippen molar-refractivity contribution in [2.75, 3.05) is 6.54 Å². The quantitative estimate of drug-likeness (QED) is 0.661. The predicted octanol–water partition coefficient (Wildman–Crippen LogP) is 1.82. The van der Waals surface area contributed by atoms with Crippen molar-refractivity contribution < 1.29 is 9.90 Å². The summed E-state index contributed by atoms with van der Waals surface area (Å²) in [6.45, 7) is 6.91. The Kier molecular flexibility index (Phi) is 7.39. The highest BCUT2D eigenvalue weighted by atomic mass is 16.3. The molecule has 0 saturated heterocycles. The topological polar surface area (TPSA) is 61.4 Å². The first-order valence-electron chi connectivity index (χ1n) is 7.74. The van der Waals surface area contributed by atoms with Gasteiger partial charge in [-0.2, -0.15) is 0 Å². The number of hydrogen-bond acceptors (Lipinski definition) is 3. The lowest BCUT2D eigenvalue weighted by Gasteiger charge is -2.27. The summed E-state index contributed by atoms with van der Waals surface area (Å²) in [5, 5.41) is 15.9. The maximum Gasteiger partial charge on any atom is 0.237 e. The van der Waals surface area contributed by atoms with Crippen molar-refractivity contribution >= 4 is 5.91 Å². The van der Waals surface area contributed by atoms with Crippen LogP contribution >= 0.6 is 0 Å². The largest absolute Gasteiger partial charge is 0.393 e. The predicted molar refractivity (Wildman–Crippen MR) is 77.9 cm³/mol. The molecule has 4 unspecified atom stereocenters. The lowest BCUT2D eigenvalue weighted by atomic mass is 9.87. The third kappa shape index (κ3) is 6.39. The Labute approximate surface area is 117 Å². The standard InChI is InChI=1S/C15H30N2O2/c1-4-6-11(2)17-15(19)12(3)16-10-13-7-5-8-14(18)9-13/h11-14,16,18H,4-10H2,1-3H3,(H,17,19). The van der Waals surface area contributed by atoms with Crippen LogP contribution in [0.5, 0.6) is 0 Å². The molecule has 0 spiro atoms. The van der Waals surface area contributed by atoms with Crippen molar-refractivity contribution in [3.8, 4) is 0 Å². The molecule has 112 valence electrons. The lowest BCUT2D eigenvalue weighted by Crippen LogP contribution is -2.47. The summed E-state index contributed by atoms with van der Waals surface area (Å²) in [5.41, 5.74) is 0. The highest BCUT2D eigenvalue weighted by Gasteiger charge is 2.21. The van der Waals surface area contributed by atoms with E-state index < -0.39 is 0 Å². The number of amides is 1. The Balaban J connectivity index is 2.22. The molecule has 0 aromatic heterocycles. The van der Waals surface area contributed by atoms with Crippen LogP contribution in [0.25, 0.3) is 0 Å². The van der Waals surface area contributed by atoms with Gasteiger partial charge in [-0.3, -0.25) is 4.79 Å². The summed E-state index contributed by atoms with van der Waals surface area (Å²) >= 11 is 0. The van der Waals surface area contributed by atoms with Crippen molar-refractivity contribution in [3.63, 3.8) is 0 Å². The van der Waals surface area contributed by atoms with E-state index in [1.165, 1.54) is 0 Å². The van der Waals surface area contributed by atoms with Crippen molar-refractivity contribution in [2.45, 2.75) is 77.5 Å². The second-order valence-corrected chi connectivity index (χ2v) is 6.01. The minimum absolute atomic E-state index is 0.0808. The van der Waals surface area contributed by atoms with Crippen molar-refractivity contribution in [1.82, 2.24) is 10.6 Å². The fraction of sp³-hybridized carbons (Fsp3) is 0.933. The first kappa shape index (κ1) is 16.4. The van der Waals surface area contributed by atoms with Gasteiger partial charge in [0.1, 0.15) is 0 Å². The molecule has 4 nitrogen and oxygen atoms in total. The first-order chi connectivity index (χ1) is 9.02. The van der Waals surface area contributed by atoms with E-state index in [2.05, 4.69) is 17.6 Å². The van der Waals surface area contributed by atoms with Gasteiger partial charge in [0.15, 0.2) is 0 Å². The third-order valence-electron chi connectivity index (χ3n) is 3.97. The summed E-state index contributed by atoms with van der Waals surface area (Å²) in [7, 11) is 0. The highest BCUT2D eigenvalue weighted by molar-refractivity contribution is 5.81. The van der Waals surface area contributed by atoms with E-state index in [0.29, 0.717) is 5.92 Å². The molecular formula is C15H30N2O2. The van der Waals surface area contributed by atoms with Crippen molar-refractivity contribution in [2.24, 2.45) is 5.92 Å². The zero-order valence-electron chi connectivity index (χ0n) is 12.6. The molecule has 1 aliphatic carbocycles. The molecule has 19 heavy (non-hydrogen) atoms. The zero-order valence-corrected chi connectivity index (χ0v) is 12.6. The average molecular weight is 270 g/mol. The van der Waals surface area contributed by atoms with Crippen LogP contribution in [-0.2, 0) is 4.79 Å². The van der Waals surface area contributed by atoms with E-state index in [1.54, 1.807) is 0 Å². The van der Waals surface area contributed by atoms with E-state index in [-0.39, 0.29) is 24.1 Å². The van der Waals surface area contributed by atoms with Gasteiger partial charge in [0, 0.05) is 6.04 Å². The second-order valence-electron chi connectivity index (χ2n) is 6.01. The van der Waals surface area contributed by atoms with Gasteiger partial charge in [-0.05, 0) is 52.0 Å². The van der Waals surface area contributed by atoms with Crippen LogP contribution < -0.4 is 10.6 Å².